The number of amides is 1. The lowest BCUT2D eigenvalue weighted by Gasteiger charge is -2.40. The van der Waals surface area contributed by atoms with Crippen LogP contribution in [0.1, 0.15) is 0 Å². The predicted octanol–water partition coefficient (Wildman–Crippen LogP) is 4.30. The van der Waals surface area contributed by atoms with Crippen molar-refractivity contribution < 1.29 is 61.9 Å². The van der Waals surface area contributed by atoms with Crippen LogP contribution in [0.4, 0.5) is 57.1 Å². The Balaban J connectivity index is 3.38. The summed E-state index contributed by atoms with van der Waals surface area (Å²) in [6.07, 6.45) is -7.47. The van der Waals surface area contributed by atoms with Crippen LogP contribution in [0.3, 0.4) is 0 Å². The molecule has 0 spiro atoms. The lowest BCUT2D eigenvalue weighted by Crippen LogP contribution is -2.72. The lowest BCUT2D eigenvalue weighted by atomic mass is 9.93. The Bertz CT molecular complexity index is 567. The molecular weight excluding hydrogens is 441 g/mol. The monoisotopic (exact) mass is 449 g/mol. The minimum absolute atomic E-state index is 0.111. The van der Waals surface area contributed by atoms with Gasteiger partial charge >= 0.3 is 35.8 Å². The summed E-state index contributed by atoms with van der Waals surface area (Å²) >= 11 is 1.03. The zero-order chi connectivity index (χ0) is 21.7. The molecule has 1 heterocycles. The lowest BCUT2D eigenvalue weighted by molar-refractivity contribution is -0.436. The van der Waals surface area contributed by atoms with Gasteiger partial charge in [-0.15, -0.1) is 0 Å². The smallest absolute Gasteiger partial charge is 0.336 e. The second-order valence-corrected chi connectivity index (χ2v) is 6.50. The van der Waals surface area contributed by atoms with Gasteiger partial charge in [0, 0.05) is 24.6 Å². The highest BCUT2D eigenvalue weighted by Gasteiger charge is 2.91. The Morgan fingerprint density at radius 2 is 1.00 bits per heavy atom. The molecule has 0 N–H and O–H groups in total. The molecule has 1 amide bonds. The summed E-state index contributed by atoms with van der Waals surface area (Å²) in [7, 11) is 0. The van der Waals surface area contributed by atoms with E-state index in [2.05, 4.69) is 0 Å². The number of rotatable bonds is 5. The zero-order valence-electron chi connectivity index (χ0n) is 12.5. The topological polar surface area (TPSA) is 20.3 Å². The van der Waals surface area contributed by atoms with Gasteiger partial charge in [0.1, 0.15) is 0 Å². The number of carbonyl (C=O) groups excluding carboxylic acids is 1. The third-order valence-electron chi connectivity index (χ3n) is 3.50. The molecule has 0 aromatic carbocycles. The van der Waals surface area contributed by atoms with Crippen molar-refractivity contribution in [2.75, 3.05) is 24.6 Å². The van der Waals surface area contributed by atoms with Gasteiger partial charge in [-0.3, -0.25) is 4.79 Å². The Morgan fingerprint density at radius 1 is 0.630 bits per heavy atom. The van der Waals surface area contributed by atoms with E-state index in [1.165, 1.54) is 0 Å². The zero-order valence-corrected chi connectivity index (χ0v) is 13.3. The maximum Gasteiger partial charge on any atom is 0.460 e. The maximum absolute atomic E-state index is 13.6. The number of hydrogen-bond acceptors (Lipinski definition) is 2. The molecule has 27 heavy (non-hydrogen) atoms. The van der Waals surface area contributed by atoms with Crippen molar-refractivity contribution in [2.45, 2.75) is 35.8 Å². The molecule has 0 unspecified atom stereocenters. The van der Waals surface area contributed by atoms with Crippen molar-refractivity contribution in [3.8, 4) is 0 Å². The van der Waals surface area contributed by atoms with Gasteiger partial charge in [-0.05, 0) is 0 Å². The van der Waals surface area contributed by atoms with E-state index < -0.39 is 54.8 Å². The molecule has 0 aromatic rings. The van der Waals surface area contributed by atoms with Crippen molar-refractivity contribution in [3.05, 3.63) is 0 Å². The molecule has 160 valence electrons. The minimum atomic E-state index is -8.00. The molecule has 1 saturated heterocycles. The fourth-order valence-corrected chi connectivity index (χ4v) is 2.77. The van der Waals surface area contributed by atoms with Gasteiger partial charge in [0.2, 0.25) is 0 Å². The first-order valence-corrected chi connectivity index (χ1v) is 7.75. The van der Waals surface area contributed by atoms with Gasteiger partial charge in [0.05, 0.1) is 0 Å². The molecule has 0 aliphatic carbocycles. The molecule has 1 aliphatic heterocycles. The Kier molecular flexibility index (Phi) is 5.99. The highest BCUT2D eigenvalue weighted by atomic mass is 32.2. The Morgan fingerprint density at radius 3 is 1.37 bits per heavy atom. The van der Waals surface area contributed by atoms with Crippen LogP contribution in [0.5, 0.6) is 0 Å². The summed E-state index contributed by atoms with van der Waals surface area (Å²) in [5.41, 5.74) is 0. The van der Waals surface area contributed by atoms with E-state index in [1.54, 1.807) is 0 Å². The normalized spacial score (nSPS) is 18.6. The second kappa shape index (κ2) is 6.76. The van der Waals surface area contributed by atoms with Crippen LogP contribution < -0.4 is 0 Å². The standard InChI is InChI=1S/C11H8F13NOS/c12-6(13,5(26)25-1-3-27-4-2-25)7(14,15)8(16,17)9(18,19)10(20,21)11(22,23)24/h1-4H2. The van der Waals surface area contributed by atoms with Gasteiger partial charge in [-0.1, -0.05) is 0 Å². The summed E-state index contributed by atoms with van der Waals surface area (Å²) < 4.78 is 168. The van der Waals surface area contributed by atoms with E-state index in [-0.39, 0.29) is 16.4 Å². The van der Waals surface area contributed by atoms with Gasteiger partial charge in [-0.2, -0.15) is 68.8 Å². The first-order valence-electron chi connectivity index (χ1n) is 6.59. The maximum atomic E-state index is 13.6. The number of thioether (sulfide) groups is 1. The van der Waals surface area contributed by atoms with Gasteiger partial charge in [0.25, 0.3) is 5.91 Å². The van der Waals surface area contributed by atoms with Crippen LogP contribution in [0.15, 0.2) is 0 Å². The SMILES string of the molecule is O=C(N1CCSCC1)C(F)(F)C(F)(F)C(F)(F)C(F)(F)C(F)(F)C(F)(F)F. The quantitative estimate of drug-likeness (QED) is 0.584. The first kappa shape index (κ1) is 23.9. The summed E-state index contributed by atoms with van der Waals surface area (Å²) in [5, 5.41) is 0. The van der Waals surface area contributed by atoms with Gasteiger partial charge in [-0.25, -0.2) is 0 Å². The average Bonchev–Trinajstić information content (AvgIpc) is 2.53. The highest BCUT2D eigenvalue weighted by Crippen LogP contribution is 2.60. The molecule has 2 nitrogen and oxygen atoms in total. The van der Waals surface area contributed by atoms with Crippen molar-refractivity contribution in [1.82, 2.24) is 4.90 Å². The number of nitrogens with zero attached hydrogens (tertiary/aromatic N) is 1. The predicted molar refractivity (Wildman–Crippen MR) is 64.7 cm³/mol. The number of alkyl halides is 13. The van der Waals surface area contributed by atoms with Crippen LogP contribution >= 0.6 is 11.8 Å². The molecule has 1 aliphatic rings. The van der Waals surface area contributed by atoms with E-state index in [9.17, 15) is 61.9 Å². The van der Waals surface area contributed by atoms with E-state index >= 15 is 0 Å². The van der Waals surface area contributed by atoms with Crippen molar-refractivity contribution in [3.63, 3.8) is 0 Å². The fraction of sp³-hybridized carbons (Fsp3) is 0.909. The summed E-state index contributed by atoms with van der Waals surface area (Å²) in [6, 6.07) is 0. The van der Waals surface area contributed by atoms with E-state index in [0.29, 0.717) is 0 Å². The van der Waals surface area contributed by atoms with E-state index in [0.717, 1.165) is 11.8 Å². The van der Waals surface area contributed by atoms with Crippen LogP contribution in [0, 0.1) is 0 Å². The van der Waals surface area contributed by atoms with Crippen LogP contribution in [-0.4, -0.2) is 71.2 Å². The highest BCUT2D eigenvalue weighted by molar-refractivity contribution is 7.99. The molecule has 16 heteroatoms. The van der Waals surface area contributed by atoms with Crippen molar-refractivity contribution in [2.24, 2.45) is 0 Å². The second-order valence-electron chi connectivity index (χ2n) is 5.27. The number of hydrogen-bond donors (Lipinski definition) is 0. The van der Waals surface area contributed by atoms with Crippen LogP contribution in [-0.2, 0) is 4.79 Å². The largest absolute Gasteiger partial charge is 0.460 e. The number of carbonyl (C=O) groups is 1. The fourth-order valence-electron chi connectivity index (χ4n) is 1.87. The Labute approximate surface area is 146 Å². The molecule has 0 bridgehead atoms. The number of halogens is 13. The summed E-state index contributed by atoms with van der Waals surface area (Å²) in [5.74, 6) is -41.3. The van der Waals surface area contributed by atoms with Crippen molar-refractivity contribution in [1.29, 1.82) is 0 Å². The average molecular weight is 449 g/mol. The summed E-state index contributed by atoms with van der Waals surface area (Å²) in [6.45, 7) is -1.37. The van der Waals surface area contributed by atoms with E-state index in [1.807, 2.05) is 0 Å². The Hall–Kier alpha value is -1.09. The first-order chi connectivity index (χ1) is 11.8. The van der Waals surface area contributed by atoms with Gasteiger partial charge in [0.15, 0.2) is 0 Å². The molecule has 1 fully saturated rings. The molecule has 0 atom stereocenters. The molecule has 0 saturated carbocycles. The minimum Gasteiger partial charge on any atom is -0.336 e. The molecule has 0 aromatic heterocycles. The third kappa shape index (κ3) is 3.41. The van der Waals surface area contributed by atoms with E-state index in [4.69, 9.17) is 0 Å². The van der Waals surface area contributed by atoms with Crippen LogP contribution in [0.2, 0.25) is 0 Å². The molecule has 0 radical (unpaired) electrons. The molecule has 1 rings (SSSR count). The summed E-state index contributed by atoms with van der Waals surface area (Å²) in [4.78, 5) is 11.3. The van der Waals surface area contributed by atoms with Crippen LogP contribution in [0.25, 0.3) is 0 Å². The van der Waals surface area contributed by atoms with Crippen molar-refractivity contribution >= 4 is 17.7 Å². The van der Waals surface area contributed by atoms with Gasteiger partial charge < -0.3 is 4.90 Å². The third-order valence-corrected chi connectivity index (χ3v) is 4.44. The molecular formula is C11H8F13NOS.